The minimum Gasteiger partial charge on any atom is -0.399 e. The zero-order valence-corrected chi connectivity index (χ0v) is 26.8. The number of anilines is 1. The Morgan fingerprint density at radius 3 is 1.85 bits per heavy atom. The molecule has 0 atom stereocenters. The number of nitrogens with zero attached hydrogens (tertiary/aromatic N) is 2. The van der Waals surface area contributed by atoms with Crippen molar-refractivity contribution in [1.82, 2.24) is 9.55 Å². The van der Waals surface area contributed by atoms with E-state index in [2.05, 4.69) is 156 Å². The van der Waals surface area contributed by atoms with Crippen LogP contribution in [0.25, 0.3) is 50.4 Å². The fourth-order valence-electron chi connectivity index (χ4n) is 7.95. The van der Waals surface area contributed by atoms with Gasteiger partial charge in [-0.3, -0.25) is 4.57 Å². The summed E-state index contributed by atoms with van der Waals surface area (Å²) in [6, 6.07) is 59.1. The summed E-state index contributed by atoms with van der Waals surface area (Å²) < 4.78 is 2.33. The molecule has 7 aromatic carbocycles. The summed E-state index contributed by atoms with van der Waals surface area (Å²) >= 11 is 1.86. The van der Waals surface area contributed by atoms with Crippen molar-refractivity contribution in [1.29, 1.82) is 0 Å². The Bertz CT molecular complexity index is 2500. The van der Waals surface area contributed by atoms with Crippen molar-refractivity contribution in [2.75, 3.05) is 5.73 Å². The summed E-state index contributed by atoms with van der Waals surface area (Å²) in [5.41, 5.74) is 20.8. The number of rotatable bonds is 3. The molecular formula is C44H29N3S. The molecule has 8 aromatic rings. The molecule has 0 saturated heterocycles. The van der Waals surface area contributed by atoms with Gasteiger partial charge in [-0.05, 0) is 99.1 Å². The number of fused-ring (bicyclic) bond motifs is 10. The highest BCUT2D eigenvalue weighted by atomic mass is 32.2. The van der Waals surface area contributed by atoms with Gasteiger partial charge in [-0.15, -0.1) is 0 Å². The van der Waals surface area contributed by atoms with E-state index in [4.69, 9.17) is 10.7 Å². The van der Waals surface area contributed by atoms with Crippen LogP contribution in [0.15, 0.2) is 174 Å². The number of nitrogens with two attached hydrogens (primary N) is 1. The Hall–Kier alpha value is -5.84. The third-order valence-electron chi connectivity index (χ3n) is 10.0. The minimum absolute atomic E-state index is 0.508. The largest absolute Gasteiger partial charge is 0.399 e. The molecule has 1 aliphatic heterocycles. The van der Waals surface area contributed by atoms with E-state index in [1.165, 1.54) is 48.7 Å². The minimum atomic E-state index is -0.508. The molecule has 226 valence electrons. The van der Waals surface area contributed by atoms with Crippen LogP contribution in [0.4, 0.5) is 5.69 Å². The van der Waals surface area contributed by atoms with Gasteiger partial charge in [0.1, 0.15) is 5.82 Å². The summed E-state index contributed by atoms with van der Waals surface area (Å²) in [7, 11) is 0. The summed E-state index contributed by atoms with van der Waals surface area (Å²) in [5, 5.41) is 0. The number of hydrogen-bond acceptors (Lipinski definition) is 3. The molecular weight excluding hydrogens is 603 g/mol. The first-order valence-corrected chi connectivity index (χ1v) is 17.1. The highest BCUT2D eigenvalue weighted by Crippen LogP contribution is 2.62. The molecule has 1 aromatic heterocycles. The van der Waals surface area contributed by atoms with Crippen molar-refractivity contribution in [2.45, 2.75) is 15.2 Å². The molecule has 0 bridgehead atoms. The molecule has 48 heavy (non-hydrogen) atoms. The molecule has 0 unspecified atom stereocenters. The Morgan fingerprint density at radius 1 is 0.500 bits per heavy atom. The van der Waals surface area contributed by atoms with Gasteiger partial charge in [-0.2, -0.15) is 0 Å². The number of aromatic nitrogens is 2. The fraction of sp³-hybridized carbons (Fsp3) is 0.0227. The van der Waals surface area contributed by atoms with Gasteiger partial charge < -0.3 is 5.73 Å². The number of hydrogen-bond donors (Lipinski definition) is 1. The average Bonchev–Trinajstić information content (AvgIpc) is 3.67. The Kier molecular flexibility index (Phi) is 5.87. The maximum atomic E-state index is 6.10. The Morgan fingerprint density at radius 2 is 1.10 bits per heavy atom. The van der Waals surface area contributed by atoms with Crippen molar-refractivity contribution in [3.63, 3.8) is 0 Å². The molecule has 0 fully saturated rings. The van der Waals surface area contributed by atoms with Gasteiger partial charge >= 0.3 is 0 Å². The van der Waals surface area contributed by atoms with E-state index in [0.717, 1.165) is 39.4 Å². The summed E-state index contributed by atoms with van der Waals surface area (Å²) in [5.74, 6) is 0.938. The van der Waals surface area contributed by atoms with E-state index in [1.807, 2.05) is 23.9 Å². The number of benzene rings is 7. The van der Waals surface area contributed by atoms with E-state index in [9.17, 15) is 0 Å². The molecule has 2 N–H and O–H groups in total. The van der Waals surface area contributed by atoms with E-state index < -0.39 is 5.41 Å². The first-order valence-electron chi connectivity index (χ1n) is 16.3. The summed E-state index contributed by atoms with van der Waals surface area (Å²) in [6.07, 6.45) is 0. The number of para-hydroxylation sites is 2. The van der Waals surface area contributed by atoms with Gasteiger partial charge in [0.05, 0.1) is 16.4 Å². The van der Waals surface area contributed by atoms with Gasteiger partial charge in [0.15, 0.2) is 0 Å². The highest BCUT2D eigenvalue weighted by Gasteiger charge is 2.50. The van der Waals surface area contributed by atoms with Gasteiger partial charge in [-0.1, -0.05) is 121 Å². The van der Waals surface area contributed by atoms with Crippen LogP contribution in [-0.4, -0.2) is 9.55 Å². The van der Waals surface area contributed by atoms with Crippen LogP contribution in [0.5, 0.6) is 0 Å². The standard InChI is InChI=1S/C44H29N3S/c45-31-21-18-28(19-22-31)30-20-24-41-37(26-30)44(35-14-6-4-12-33(35)34-13-5-7-15-36(34)44)38-27-32(23-25-42(38)48-41)47-40-17-9-8-16-39(40)46-43(47)29-10-2-1-3-11-29/h1-27H,45H2. The molecule has 0 radical (unpaired) electrons. The van der Waals surface area contributed by atoms with Gasteiger partial charge in [0.25, 0.3) is 0 Å². The van der Waals surface area contributed by atoms with E-state index in [0.29, 0.717) is 0 Å². The summed E-state index contributed by atoms with van der Waals surface area (Å²) in [6.45, 7) is 0. The van der Waals surface area contributed by atoms with Crippen LogP contribution in [0.3, 0.4) is 0 Å². The van der Waals surface area contributed by atoms with Crippen molar-refractivity contribution < 1.29 is 0 Å². The maximum Gasteiger partial charge on any atom is 0.145 e. The van der Waals surface area contributed by atoms with Gasteiger partial charge in [0, 0.05) is 26.7 Å². The van der Waals surface area contributed by atoms with Crippen LogP contribution < -0.4 is 5.73 Å². The van der Waals surface area contributed by atoms with E-state index >= 15 is 0 Å². The zero-order valence-electron chi connectivity index (χ0n) is 26.0. The van der Waals surface area contributed by atoms with E-state index in [1.54, 1.807) is 0 Å². The molecule has 3 nitrogen and oxygen atoms in total. The smallest absolute Gasteiger partial charge is 0.145 e. The second-order valence-corrected chi connectivity index (χ2v) is 13.7. The lowest BCUT2D eigenvalue weighted by Gasteiger charge is -2.40. The average molecular weight is 632 g/mol. The number of nitrogen functional groups attached to an aromatic ring is 1. The van der Waals surface area contributed by atoms with Crippen molar-refractivity contribution >= 4 is 28.5 Å². The third-order valence-corrected chi connectivity index (χ3v) is 11.2. The quantitative estimate of drug-likeness (QED) is 0.197. The van der Waals surface area contributed by atoms with Crippen molar-refractivity contribution in [2.24, 2.45) is 0 Å². The number of imidazole rings is 1. The Balaban J connectivity index is 1.30. The second kappa shape index (κ2) is 10.3. The Labute approximate surface area is 283 Å². The van der Waals surface area contributed by atoms with Crippen LogP contribution in [0.1, 0.15) is 22.3 Å². The maximum absolute atomic E-state index is 6.10. The first kappa shape index (κ1) is 27.3. The topological polar surface area (TPSA) is 43.8 Å². The first-order chi connectivity index (χ1) is 23.7. The lowest BCUT2D eigenvalue weighted by atomic mass is 9.67. The lowest BCUT2D eigenvalue weighted by Crippen LogP contribution is -2.32. The molecule has 2 heterocycles. The molecule has 1 spiro atoms. The van der Waals surface area contributed by atoms with Crippen molar-refractivity contribution in [3.8, 4) is 39.3 Å². The van der Waals surface area contributed by atoms with Crippen LogP contribution in [0.2, 0.25) is 0 Å². The lowest BCUT2D eigenvalue weighted by molar-refractivity contribution is 0.721. The molecule has 10 rings (SSSR count). The zero-order chi connectivity index (χ0) is 31.8. The predicted octanol–water partition coefficient (Wildman–Crippen LogP) is 10.8. The fourth-order valence-corrected chi connectivity index (χ4v) is 9.11. The van der Waals surface area contributed by atoms with Gasteiger partial charge in [0.2, 0.25) is 0 Å². The van der Waals surface area contributed by atoms with Crippen LogP contribution in [-0.2, 0) is 5.41 Å². The third kappa shape index (κ3) is 3.81. The summed E-state index contributed by atoms with van der Waals surface area (Å²) in [4.78, 5) is 7.71. The van der Waals surface area contributed by atoms with Crippen LogP contribution >= 0.6 is 11.8 Å². The van der Waals surface area contributed by atoms with Crippen molar-refractivity contribution in [3.05, 3.63) is 186 Å². The molecule has 4 heteroatoms. The SMILES string of the molecule is Nc1ccc(-c2ccc3c(c2)C2(c4cc(-n5c(-c6ccccc6)nc6ccccc65)ccc4S3)c3ccccc3-c3ccccc32)cc1. The second-order valence-electron chi connectivity index (χ2n) is 12.6. The van der Waals surface area contributed by atoms with Crippen LogP contribution in [0, 0.1) is 0 Å². The van der Waals surface area contributed by atoms with E-state index in [-0.39, 0.29) is 0 Å². The highest BCUT2D eigenvalue weighted by molar-refractivity contribution is 7.99. The molecule has 0 amide bonds. The molecule has 0 saturated carbocycles. The molecule has 2 aliphatic rings. The monoisotopic (exact) mass is 631 g/mol. The normalized spacial score (nSPS) is 13.6. The van der Waals surface area contributed by atoms with Gasteiger partial charge in [-0.25, -0.2) is 4.98 Å². The molecule has 1 aliphatic carbocycles. The predicted molar refractivity (Wildman–Crippen MR) is 198 cm³/mol.